The molecule has 8 heteroatoms. The van der Waals surface area contributed by atoms with Crippen molar-refractivity contribution in [2.45, 2.75) is 19.4 Å². The standard InChI is InChI=1S/C23H24N6O2/c24-23(31)18-8-10-21(28-12-4-5-13-28)20(14-18)25-22(30)11-9-19-16-29(27-26-19)15-17-6-2-1-3-7-17/h1-3,6-11,14,16H,4-5,12-13,15H2,(H2,24,31)(H,25,30)/b11-9+. The third-order valence-electron chi connectivity index (χ3n) is 5.13. The molecule has 4 rings (SSSR count). The predicted octanol–water partition coefficient (Wildman–Crippen LogP) is 2.68. The van der Waals surface area contributed by atoms with Crippen molar-refractivity contribution in [2.24, 2.45) is 5.73 Å². The SMILES string of the molecule is NC(=O)c1ccc(N2CCCC2)c(NC(=O)/C=C/c2cn(Cc3ccccc3)nn2)c1. The van der Waals surface area contributed by atoms with Gasteiger partial charge in [0.15, 0.2) is 0 Å². The molecule has 8 nitrogen and oxygen atoms in total. The summed E-state index contributed by atoms with van der Waals surface area (Å²) in [6.45, 7) is 2.44. The maximum Gasteiger partial charge on any atom is 0.248 e. The number of nitrogens with one attached hydrogen (secondary N) is 1. The molecule has 3 N–H and O–H groups in total. The molecule has 1 fully saturated rings. The van der Waals surface area contributed by atoms with Gasteiger partial charge in [-0.15, -0.1) is 5.10 Å². The number of carbonyl (C=O) groups excluding carboxylic acids is 2. The maximum absolute atomic E-state index is 12.5. The van der Waals surface area contributed by atoms with Gasteiger partial charge in [0, 0.05) is 24.7 Å². The number of benzene rings is 2. The van der Waals surface area contributed by atoms with Gasteiger partial charge >= 0.3 is 0 Å². The van der Waals surface area contributed by atoms with Gasteiger partial charge < -0.3 is 16.0 Å². The van der Waals surface area contributed by atoms with Crippen molar-refractivity contribution < 1.29 is 9.59 Å². The van der Waals surface area contributed by atoms with E-state index in [4.69, 9.17) is 5.73 Å². The highest BCUT2D eigenvalue weighted by molar-refractivity contribution is 6.05. The fourth-order valence-corrected chi connectivity index (χ4v) is 3.60. The van der Waals surface area contributed by atoms with Crippen LogP contribution in [0.2, 0.25) is 0 Å². The summed E-state index contributed by atoms with van der Waals surface area (Å²) >= 11 is 0. The molecule has 0 saturated carbocycles. The lowest BCUT2D eigenvalue weighted by molar-refractivity contribution is -0.111. The van der Waals surface area contributed by atoms with E-state index in [1.807, 2.05) is 36.4 Å². The number of nitrogens with two attached hydrogens (primary N) is 1. The fraction of sp³-hybridized carbons (Fsp3) is 0.217. The van der Waals surface area contributed by atoms with Crippen LogP contribution in [0.1, 0.15) is 34.5 Å². The van der Waals surface area contributed by atoms with E-state index in [0.717, 1.165) is 37.2 Å². The summed E-state index contributed by atoms with van der Waals surface area (Å²) < 4.78 is 1.72. The van der Waals surface area contributed by atoms with Crippen LogP contribution in [0, 0.1) is 0 Å². The van der Waals surface area contributed by atoms with E-state index >= 15 is 0 Å². The van der Waals surface area contributed by atoms with E-state index in [9.17, 15) is 9.59 Å². The number of carbonyl (C=O) groups is 2. The number of amides is 2. The van der Waals surface area contributed by atoms with Crippen LogP contribution in [0.25, 0.3) is 6.08 Å². The minimum atomic E-state index is -0.533. The summed E-state index contributed by atoms with van der Waals surface area (Å²) in [7, 11) is 0. The van der Waals surface area contributed by atoms with Gasteiger partial charge in [0.05, 0.1) is 24.1 Å². The molecule has 3 aromatic rings. The number of aromatic nitrogens is 3. The minimum absolute atomic E-state index is 0.320. The van der Waals surface area contributed by atoms with Crippen LogP contribution in [-0.4, -0.2) is 39.9 Å². The topological polar surface area (TPSA) is 106 Å². The van der Waals surface area contributed by atoms with Crippen molar-refractivity contribution in [3.8, 4) is 0 Å². The molecule has 0 atom stereocenters. The van der Waals surface area contributed by atoms with Crippen LogP contribution in [0.5, 0.6) is 0 Å². The normalized spacial score (nSPS) is 13.6. The van der Waals surface area contributed by atoms with Crippen LogP contribution in [-0.2, 0) is 11.3 Å². The highest BCUT2D eigenvalue weighted by Gasteiger charge is 2.18. The quantitative estimate of drug-likeness (QED) is 0.576. The summed E-state index contributed by atoms with van der Waals surface area (Å²) in [5.74, 6) is -0.853. The molecule has 158 valence electrons. The molecule has 0 aliphatic carbocycles. The first kappa shape index (κ1) is 20.3. The number of anilines is 2. The molecular formula is C23H24N6O2. The molecule has 2 aromatic carbocycles. The first-order valence-electron chi connectivity index (χ1n) is 10.2. The third kappa shape index (κ3) is 5.16. The van der Waals surface area contributed by atoms with Gasteiger partial charge in [-0.2, -0.15) is 0 Å². The van der Waals surface area contributed by atoms with Gasteiger partial charge in [-0.05, 0) is 42.7 Å². The highest BCUT2D eigenvalue weighted by atomic mass is 16.1. The average molecular weight is 416 g/mol. The lowest BCUT2D eigenvalue weighted by Crippen LogP contribution is -2.21. The number of primary amides is 1. The Balaban J connectivity index is 1.45. The smallest absolute Gasteiger partial charge is 0.248 e. The second-order valence-electron chi connectivity index (χ2n) is 7.44. The van der Waals surface area contributed by atoms with Crippen LogP contribution in [0.3, 0.4) is 0 Å². The van der Waals surface area contributed by atoms with Gasteiger partial charge in [-0.1, -0.05) is 35.5 Å². The second-order valence-corrected chi connectivity index (χ2v) is 7.44. The zero-order valence-corrected chi connectivity index (χ0v) is 17.1. The Kier molecular flexibility index (Phi) is 6.07. The highest BCUT2D eigenvalue weighted by Crippen LogP contribution is 2.30. The van der Waals surface area contributed by atoms with Crippen LogP contribution in [0.4, 0.5) is 11.4 Å². The maximum atomic E-state index is 12.5. The van der Waals surface area contributed by atoms with Crippen molar-refractivity contribution in [3.05, 3.63) is 77.6 Å². The first-order chi connectivity index (χ1) is 15.1. The monoisotopic (exact) mass is 416 g/mol. The van der Waals surface area contributed by atoms with Crippen LogP contribution < -0.4 is 16.0 Å². The van der Waals surface area contributed by atoms with Crippen molar-refractivity contribution >= 4 is 29.3 Å². The average Bonchev–Trinajstić information content (AvgIpc) is 3.45. The van der Waals surface area contributed by atoms with E-state index in [0.29, 0.717) is 23.5 Å². The number of hydrogen-bond acceptors (Lipinski definition) is 5. The van der Waals surface area contributed by atoms with E-state index in [1.54, 1.807) is 29.1 Å². The summed E-state index contributed by atoms with van der Waals surface area (Å²) in [4.78, 5) is 26.3. The first-order valence-corrected chi connectivity index (χ1v) is 10.2. The van der Waals surface area contributed by atoms with Gasteiger partial charge in [0.1, 0.15) is 5.69 Å². The van der Waals surface area contributed by atoms with Crippen molar-refractivity contribution in [2.75, 3.05) is 23.3 Å². The van der Waals surface area contributed by atoms with Gasteiger partial charge in [0.2, 0.25) is 11.8 Å². The Labute approximate surface area is 180 Å². The number of rotatable bonds is 7. The van der Waals surface area contributed by atoms with Gasteiger partial charge in [-0.3, -0.25) is 9.59 Å². The largest absolute Gasteiger partial charge is 0.370 e. The van der Waals surface area contributed by atoms with E-state index in [1.165, 1.54) is 6.08 Å². The van der Waals surface area contributed by atoms with Crippen molar-refractivity contribution in [1.82, 2.24) is 15.0 Å². The van der Waals surface area contributed by atoms with Gasteiger partial charge in [0.25, 0.3) is 0 Å². The zero-order valence-electron chi connectivity index (χ0n) is 17.1. The Hall–Kier alpha value is -3.94. The molecule has 0 unspecified atom stereocenters. The number of hydrogen-bond donors (Lipinski definition) is 2. The zero-order chi connectivity index (χ0) is 21.6. The predicted molar refractivity (Wildman–Crippen MR) is 120 cm³/mol. The molecule has 2 amide bonds. The Morgan fingerprint density at radius 3 is 2.61 bits per heavy atom. The molecule has 31 heavy (non-hydrogen) atoms. The van der Waals surface area contributed by atoms with E-state index < -0.39 is 5.91 Å². The number of nitrogens with zero attached hydrogens (tertiary/aromatic N) is 4. The fourth-order valence-electron chi connectivity index (χ4n) is 3.60. The molecule has 0 radical (unpaired) electrons. The summed E-state index contributed by atoms with van der Waals surface area (Å²) in [5, 5.41) is 11.1. The molecular weight excluding hydrogens is 392 g/mol. The lowest BCUT2D eigenvalue weighted by atomic mass is 10.1. The lowest BCUT2D eigenvalue weighted by Gasteiger charge is -2.21. The molecule has 1 saturated heterocycles. The summed E-state index contributed by atoms with van der Waals surface area (Å²) in [6, 6.07) is 15.1. The molecule has 1 aliphatic rings. The minimum Gasteiger partial charge on any atom is -0.370 e. The second kappa shape index (κ2) is 9.25. The van der Waals surface area contributed by atoms with Crippen LogP contribution in [0.15, 0.2) is 60.8 Å². The Morgan fingerprint density at radius 1 is 1.10 bits per heavy atom. The van der Waals surface area contributed by atoms with E-state index in [2.05, 4.69) is 20.5 Å². The van der Waals surface area contributed by atoms with Crippen LogP contribution >= 0.6 is 0 Å². The molecule has 1 aliphatic heterocycles. The van der Waals surface area contributed by atoms with Gasteiger partial charge in [-0.25, -0.2) is 4.68 Å². The molecule has 0 spiro atoms. The Bertz CT molecular complexity index is 1100. The summed E-state index contributed by atoms with van der Waals surface area (Å²) in [5.41, 5.74) is 8.92. The molecule has 2 heterocycles. The van der Waals surface area contributed by atoms with Crippen molar-refractivity contribution in [1.29, 1.82) is 0 Å². The Morgan fingerprint density at radius 2 is 1.87 bits per heavy atom. The third-order valence-corrected chi connectivity index (χ3v) is 5.13. The summed E-state index contributed by atoms with van der Waals surface area (Å²) in [6.07, 6.45) is 6.99. The van der Waals surface area contributed by atoms with E-state index in [-0.39, 0.29) is 5.91 Å². The van der Waals surface area contributed by atoms with Crippen molar-refractivity contribution in [3.63, 3.8) is 0 Å². The molecule has 1 aromatic heterocycles. The molecule has 0 bridgehead atoms.